The van der Waals surface area contributed by atoms with Gasteiger partial charge in [-0.15, -0.1) is 0 Å². The molecule has 5 nitrogen and oxygen atoms in total. The fourth-order valence-corrected chi connectivity index (χ4v) is 2.93. The summed E-state index contributed by atoms with van der Waals surface area (Å²) in [7, 11) is -1.23. The number of hydrogen-bond acceptors (Lipinski definition) is 3. The molecule has 116 valence electrons. The highest BCUT2D eigenvalue weighted by atomic mass is 32.2. The van der Waals surface area contributed by atoms with Crippen LogP contribution in [-0.2, 0) is 15.6 Å². The number of carbonyl (C=O) groups is 2. The average molecular weight is 311 g/mol. The Morgan fingerprint density at radius 3 is 2.52 bits per heavy atom. The molecule has 1 rings (SSSR count). The van der Waals surface area contributed by atoms with Crippen LogP contribution < -0.4 is 5.32 Å². The first-order valence-corrected chi connectivity index (χ1v) is 8.31. The summed E-state index contributed by atoms with van der Waals surface area (Å²) >= 11 is 0. The minimum absolute atomic E-state index is 0.0785. The van der Waals surface area contributed by atoms with Gasteiger partial charge >= 0.3 is 5.97 Å². The molecule has 2 atom stereocenters. The van der Waals surface area contributed by atoms with E-state index in [0.717, 1.165) is 6.42 Å². The predicted molar refractivity (Wildman–Crippen MR) is 81.8 cm³/mol. The van der Waals surface area contributed by atoms with Crippen LogP contribution in [0.5, 0.6) is 0 Å². The maximum atomic E-state index is 12.2. The van der Waals surface area contributed by atoms with E-state index in [0.29, 0.717) is 22.6 Å². The van der Waals surface area contributed by atoms with Crippen LogP contribution in [0, 0.1) is 5.92 Å². The van der Waals surface area contributed by atoms with Gasteiger partial charge in [-0.3, -0.25) is 13.8 Å². The minimum atomic E-state index is -1.23. The number of aliphatic carboxylic acids is 1. The van der Waals surface area contributed by atoms with E-state index in [1.165, 1.54) is 0 Å². The summed E-state index contributed by atoms with van der Waals surface area (Å²) in [5.41, 5.74) is 0.346. The molecule has 21 heavy (non-hydrogen) atoms. The molecule has 6 heteroatoms. The van der Waals surface area contributed by atoms with Crippen LogP contribution in [0.4, 0.5) is 0 Å². The van der Waals surface area contributed by atoms with Gasteiger partial charge in [-0.05, 0) is 18.6 Å². The highest BCUT2D eigenvalue weighted by Gasteiger charge is 2.19. The molecular weight excluding hydrogens is 290 g/mol. The van der Waals surface area contributed by atoms with Crippen molar-refractivity contribution in [3.63, 3.8) is 0 Å². The van der Waals surface area contributed by atoms with Gasteiger partial charge in [0.05, 0.1) is 27.2 Å². The number of amides is 1. The van der Waals surface area contributed by atoms with E-state index >= 15 is 0 Å². The monoisotopic (exact) mass is 311 g/mol. The normalized spacial score (nSPS) is 13.4. The van der Waals surface area contributed by atoms with Crippen molar-refractivity contribution in [2.45, 2.75) is 31.6 Å². The third-order valence-electron chi connectivity index (χ3n) is 3.13. The Labute approximate surface area is 127 Å². The van der Waals surface area contributed by atoms with Crippen molar-refractivity contribution in [3.8, 4) is 0 Å². The van der Waals surface area contributed by atoms with Crippen molar-refractivity contribution in [1.29, 1.82) is 0 Å². The van der Waals surface area contributed by atoms with E-state index in [1.54, 1.807) is 31.2 Å². The van der Waals surface area contributed by atoms with Crippen LogP contribution in [0.25, 0.3) is 0 Å². The van der Waals surface area contributed by atoms with Crippen molar-refractivity contribution in [1.82, 2.24) is 5.32 Å². The largest absolute Gasteiger partial charge is 0.481 e. The zero-order valence-corrected chi connectivity index (χ0v) is 13.1. The number of carbonyl (C=O) groups excluding carboxylic acids is 1. The number of rotatable bonds is 8. The van der Waals surface area contributed by atoms with Crippen molar-refractivity contribution < 1.29 is 18.9 Å². The van der Waals surface area contributed by atoms with Gasteiger partial charge in [0.2, 0.25) is 0 Å². The van der Waals surface area contributed by atoms with Crippen LogP contribution in [0.2, 0.25) is 0 Å². The second-order valence-electron chi connectivity index (χ2n) is 4.66. The molecule has 0 aliphatic rings. The lowest BCUT2D eigenvalue weighted by Gasteiger charge is -2.13. The van der Waals surface area contributed by atoms with E-state index in [1.807, 2.05) is 6.92 Å². The SMILES string of the molecule is CCCC(CNC(=O)c1ccccc1S(=O)CC)C(=O)O. The first-order chi connectivity index (χ1) is 10.0. The maximum Gasteiger partial charge on any atom is 0.308 e. The number of nitrogens with one attached hydrogen (secondary N) is 1. The highest BCUT2D eigenvalue weighted by Crippen LogP contribution is 2.14. The Hall–Kier alpha value is -1.69. The van der Waals surface area contributed by atoms with Crippen molar-refractivity contribution in [2.24, 2.45) is 5.92 Å². The molecular formula is C15H21NO4S. The van der Waals surface area contributed by atoms with Crippen LogP contribution in [-0.4, -0.2) is 33.5 Å². The smallest absolute Gasteiger partial charge is 0.308 e. The number of carboxylic acids is 1. The Kier molecular flexibility index (Phi) is 7.08. The van der Waals surface area contributed by atoms with Crippen LogP contribution in [0.1, 0.15) is 37.0 Å². The summed E-state index contributed by atoms with van der Waals surface area (Å²) in [6, 6.07) is 6.70. The van der Waals surface area contributed by atoms with Crippen molar-refractivity contribution in [3.05, 3.63) is 29.8 Å². The highest BCUT2D eigenvalue weighted by molar-refractivity contribution is 7.85. The van der Waals surface area contributed by atoms with Gasteiger partial charge in [-0.1, -0.05) is 32.4 Å². The minimum Gasteiger partial charge on any atom is -0.481 e. The topological polar surface area (TPSA) is 83.5 Å². The lowest BCUT2D eigenvalue weighted by Crippen LogP contribution is -2.33. The number of hydrogen-bond donors (Lipinski definition) is 2. The summed E-state index contributed by atoms with van der Waals surface area (Å²) in [5, 5.41) is 11.7. The Bertz CT molecular complexity index is 530. The second-order valence-corrected chi connectivity index (χ2v) is 6.37. The molecule has 0 fully saturated rings. The molecule has 0 aliphatic carbocycles. The van der Waals surface area contributed by atoms with Crippen LogP contribution in [0.15, 0.2) is 29.2 Å². The Morgan fingerprint density at radius 1 is 1.29 bits per heavy atom. The maximum absolute atomic E-state index is 12.2. The van der Waals surface area contributed by atoms with Crippen molar-refractivity contribution in [2.75, 3.05) is 12.3 Å². The molecule has 0 heterocycles. The third kappa shape index (κ3) is 4.97. The molecule has 2 unspecified atom stereocenters. The van der Waals surface area contributed by atoms with Gasteiger partial charge in [0, 0.05) is 12.3 Å². The zero-order valence-electron chi connectivity index (χ0n) is 12.3. The second kappa shape index (κ2) is 8.56. The van der Waals surface area contributed by atoms with Crippen LogP contribution >= 0.6 is 0 Å². The molecule has 1 amide bonds. The van der Waals surface area contributed by atoms with Crippen LogP contribution in [0.3, 0.4) is 0 Å². The van der Waals surface area contributed by atoms with Gasteiger partial charge in [0.1, 0.15) is 0 Å². The van der Waals surface area contributed by atoms with Gasteiger partial charge in [-0.25, -0.2) is 0 Å². The number of carboxylic acid groups (broad SMARTS) is 1. The first-order valence-electron chi connectivity index (χ1n) is 6.99. The Balaban J connectivity index is 2.80. The molecule has 1 aromatic carbocycles. The molecule has 0 radical (unpaired) electrons. The molecule has 0 spiro atoms. The van der Waals surface area contributed by atoms with Gasteiger partial charge in [0.25, 0.3) is 5.91 Å². The summed E-state index contributed by atoms with van der Waals surface area (Å²) in [6.07, 6.45) is 1.25. The fraction of sp³-hybridized carbons (Fsp3) is 0.467. The van der Waals surface area contributed by atoms with Gasteiger partial charge in [0.15, 0.2) is 0 Å². The molecule has 1 aromatic rings. The van der Waals surface area contributed by atoms with E-state index in [9.17, 15) is 13.8 Å². The summed E-state index contributed by atoms with van der Waals surface area (Å²) in [5.74, 6) is -1.46. The average Bonchev–Trinajstić information content (AvgIpc) is 2.50. The van der Waals surface area contributed by atoms with E-state index in [2.05, 4.69) is 5.32 Å². The van der Waals surface area contributed by atoms with E-state index in [4.69, 9.17) is 5.11 Å². The van der Waals surface area contributed by atoms with Gasteiger partial charge in [-0.2, -0.15) is 0 Å². The molecule has 0 saturated carbocycles. The quantitative estimate of drug-likeness (QED) is 0.769. The first kappa shape index (κ1) is 17.4. The molecule has 0 saturated heterocycles. The lowest BCUT2D eigenvalue weighted by atomic mass is 10.0. The molecule has 0 bridgehead atoms. The third-order valence-corrected chi connectivity index (χ3v) is 4.51. The predicted octanol–water partition coefficient (Wildman–Crippen LogP) is 2.04. The fourth-order valence-electron chi connectivity index (χ4n) is 1.98. The summed E-state index contributed by atoms with van der Waals surface area (Å²) < 4.78 is 11.9. The standard InChI is InChI=1S/C15H21NO4S/c1-3-7-11(15(18)19)10-16-14(17)12-8-5-6-9-13(12)21(20)4-2/h5-6,8-9,11H,3-4,7,10H2,1-2H3,(H,16,17)(H,18,19). The van der Waals surface area contributed by atoms with Crippen molar-refractivity contribution >= 4 is 22.7 Å². The van der Waals surface area contributed by atoms with E-state index < -0.39 is 22.7 Å². The summed E-state index contributed by atoms with van der Waals surface area (Å²) in [4.78, 5) is 23.7. The Morgan fingerprint density at radius 2 is 1.95 bits per heavy atom. The number of benzene rings is 1. The van der Waals surface area contributed by atoms with Gasteiger partial charge < -0.3 is 10.4 Å². The summed E-state index contributed by atoms with van der Waals surface area (Å²) in [6.45, 7) is 3.76. The van der Waals surface area contributed by atoms with E-state index in [-0.39, 0.29) is 12.5 Å². The zero-order chi connectivity index (χ0) is 15.8. The molecule has 0 aromatic heterocycles. The lowest BCUT2D eigenvalue weighted by molar-refractivity contribution is -0.141. The molecule has 2 N–H and O–H groups in total. The molecule has 0 aliphatic heterocycles.